The van der Waals surface area contributed by atoms with Gasteiger partial charge in [-0.15, -0.1) is 22.9 Å². The number of aromatic nitrogens is 2. The number of esters is 1. The summed E-state index contributed by atoms with van der Waals surface area (Å²) >= 11 is 6.93. The van der Waals surface area contributed by atoms with E-state index in [9.17, 15) is 14.4 Å². The third kappa shape index (κ3) is 3.72. The van der Waals surface area contributed by atoms with Crippen molar-refractivity contribution < 1.29 is 14.3 Å². The minimum absolute atomic E-state index is 0.00553. The summed E-state index contributed by atoms with van der Waals surface area (Å²) < 4.78 is 6.20. The lowest BCUT2D eigenvalue weighted by atomic mass is 10.2. The van der Waals surface area contributed by atoms with Gasteiger partial charge in [0.1, 0.15) is 10.4 Å². The Kier molecular flexibility index (Phi) is 5.57. The number of alkyl halides is 1. The van der Waals surface area contributed by atoms with Crippen molar-refractivity contribution in [3.05, 3.63) is 51.8 Å². The fourth-order valence-corrected chi connectivity index (χ4v) is 3.44. The van der Waals surface area contributed by atoms with Gasteiger partial charge in [0.25, 0.3) is 5.56 Å². The summed E-state index contributed by atoms with van der Waals surface area (Å²) in [6, 6.07) is 8.70. The van der Waals surface area contributed by atoms with Gasteiger partial charge in [0.15, 0.2) is 5.69 Å². The molecule has 0 saturated carbocycles. The maximum atomic E-state index is 13.1. The number of nitrogens with one attached hydrogen (secondary N) is 1. The predicted octanol–water partition coefficient (Wildman–Crippen LogP) is 3.19. The van der Waals surface area contributed by atoms with Crippen LogP contribution in [-0.4, -0.2) is 33.6 Å². The molecule has 1 unspecified atom stereocenters. The van der Waals surface area contributed by atoms with Crippen LogP contribution in [0.25, 0.3) is 16.5 Å². The van der Waals surface area contributed by atoms with Gasteiger partial charge in [-0.2, -0.15) is 9.78 Å². The molecular formula is C18H16ClN3O4S. The second kappa shape index (κ2) is 7.89. The highest BCUT2D eigenvalue weighted by Crippen LogP contribution is 2.30. The zero-order chi connectivity index (χ0) is 19.6. The van der Waals surface area contributed by atoms with Crippen molar-refractivity contribution in [3.63, 3.8) is 0 Å². The lowest BCUT2D eigenvalue weighted by Gasteiger charge is -2.10. The Morgan fingerprint density at radius 2 is 2.04 bits per heavy atom. The number of hydrogen-bond acceptors (Lipinski definition) is 6. The number of thiophene rings is 1. The summed E-state index contributed by atoms with van der Waals surface area (Å²) in [4.78, 5) is 37.4. The molecule has 0 saturated heterocycles. The number of anilines is 1. The second-order valence-electron chi connectivity index (χ2n) is 5.58. The molecule has 7 nitrogen and oxygen atoms in total. The van der Waals surface area contributed by atoms with E-state index in [0.29, 0.717) is 16.1 Å². The Balaban J connectivity index is 2.27. The van der Waals surface area contributed by atoms with Crippen LogP contribution in [0.15, 0.2) is 40.5 Å². The number of carbonyl (C=O) groups excluding carboxylic acids is 2. The molecule has 0 aliphatic carbocycles. The number of nitrogens with zero attached hydrogens (tertiary/aromatic N) is 2. The molecule has 1 amide bonds. The van der Waals surface area contributed by atoms with E-state index in [2.05, 4.69) is 10.4 Å². The highest BCUT2D eigenvalue weighted by atomic mass is 35.5. The minimum Gasteiger partial charge on any atom is -0.461 e. The number of halogens is 1. The first kappa shape index (κ1) is 19.1. The molecule has 0 bridgehead atoms. The molecule has 140 valence electrons. The van der Waals surface area contributed by atoms with Crippen molar-refractivity contribution in [3.8, 4) is 5.69 Å². The van der Waals surface area contributed by atoms with Crippen molar-refractivity contribution in [2.75, 3.05) is 11.9 Å². The molecule has 0 spiro atoms. The van der Waals surface area contributed by atoms with Crippen LogP contribution >= 0.6 is 22.9 Å². The molecule has 27 heavy (non-hydrogen) atoms. The molecule has 3 aromatic rings. The smallest absolute Gasteiger partial charge is 0.359 e. The lowest BCUT2D eigenvalue weighted by Crippen LogP contribution is -2.26. The molecule has 0 aliphatic rings. The van der Waals surface area contributed by atoms with E-state index in [-0.39, 0.29) is 17.7 Å². The van der Waals surface area contributed by atoms with Crippen molar-refractivity contribution >= 4 is 50.6 Å². The van der Waals surface area contributed by atoms with E-state index in [1.54, 1.807) is 42.6 Å². The SMILES string of the molecule is CCOC(=O)c1nn(-c2ccccc2)c(=O)c2c(NC(=O)C(C)Cl)scc12. The van der Waals surface area contributed by atoms with Gasteiger partial charge in [-0.3, -0.25) is 9.59 Å². The molecular weight excluding hydrogens is 390 g/mol. The molecule has 1 aromatic carbocycles. The summed E-state index contributed by atoms with van der Waals surface area (Å²) in [6.07, 6.45) is 0. The van der Waals surface area contributed by atoms with E-state index < -0.39 is 22.8 Å². The summed E-state index contributed by atoms with van der Waals surface area (Å²) in [5, 5.41) is 8.50. The van der Waals surface area contributed by atoms with Crippen molar-refractivity contribution in [1.82, 2.24) is 9.78 Å². The van der Waals surface area contributed by atoms with Gasteiger partial charge in [0.2, 0.25) is 5.91 Å². The van der Waals surface area contributed by atoms with Crippen LogP contribution in [0, 0.1) is 0 Å². The normalized spacial score (nSPS) is 12.0. The first-order valence-electron chi connectivity index (χ1n) is 8.16. The first-order chi connectivity index (χ1) is 12.9. The molecule has 9 heteroatoms. The lowest BCUT2D eigenvalue weighted by molar-refractivity contribution is -0.115. The number of para-hydroxylation sites is 1. The summed E-state index contributed by atoms with van der Waals surface area (Å²) in [5.74, 6) is -1.09. The molecule has 2 aromatic heterocycles. The molecule has 1 N–H and O–H groups in total. The van der Waals surface area contributed by atoms with Gasteiger partial charge in [0.05, 0.1) is 17.7 Å². The van der Waals surface area contributed by atoms with Crippen LogP contribution < -0.4 is 10.9 Å². The Morgan fingerprint density at radius 3 is 2.67 bits per heavy atom. The number of carbonyl (C=O) groups is 2. The van der Waals surface area contributed by atoms with Crippen molar-refractivity contribution in [1.29, 1.82) is 0 Å². The fourth-order valence-electron chi connectivity index (χ4n) is 2.45. The first-order valence-corrected chi connectivity index (χ1v) is 9.47. The van der Waals surface area contributed by atoms with Gasteiger partial charge >= 0.3 is 5.97 Å². The monoisotopic (exact) mass is 405 g/mol. The quantitative estimate of drug-likeness (QED) is 0.520. The molecule has 0 fully saturated rings. The number of ether oxygens (including phenoxy) is 1. The Bertz CT molecular complexity index is 1060. The largest absolute Gasteiger partial charge is 0.461 e. The summed E-state index contributed by atoms with van der Waals surface area (Å²) in [7, 11) is 0. The predicted molar refractivity (Wildman–Crippen MR) is 105 cm³/mol. The van der Waals surface area contributed by atoms with E-state index in [1.165, 1.54) is 6.92 Å². The van der Waals surface area contributed by atoms with Crippen LogP contribution in [0.3, 0.4) is 0 Å². The van der Waals surface area contributed by atoms with Crippen LogP contribution in [0.5, 0.6) is 0 Å². The third-order valence-electron chi connectivity index (χ3n) is 3.72. The van der Waals surface area contributed by atoms with Crippen LogP contribution in [-0.2, 0) is 9.53 Å². The third-order valence-corrected chi connectivity index (χ3v) is 4.81. The van der Waals surface area contributed by atoms with E-state index in [1.807, 2.05) is 0 Å². The number of rotatable bonds is 5. The van der Waals surface area contributed by atoms with E-state index >= 15 is 0 Å². The molecule has 2 heterocycles. The molecule has 1 atom stereocenters. The van der Waals surface area contributed by atoms with Gasteiger partial charge in [-0.05, 0) is 26.0 Å². The second-order valence-corrected chi connectivity index (χ2v) is 7.11. The van der Waals surface area contributed by atoms with Crippen molar-refractivity contribution in [2.24, 2.45) is 0 Å². The standard InChI is InChI=1S/C18H16ClN3O4S/c1-3-26-18(25)14-12-9-27-16(20-15(23)10(2)19)13(12)17(24)22(21-14)11-7-5-4-6-8-11/h4-10H,3H2,1-2H3,(H,20,23). The highest BCUT2D eigenvalue weighted by molar-refractivity contribution is 7.16. The minimum atomic E-state index is -0.773. The van der Waals surface area contributed by atoms with Gasteiger partial charge in [-0.1, -0.05) is 18.2 Å². The number of hydrogen-bond donors (Lipinski definition) is 1. The molecule has 0 aliphatic heterocycles. The van der Waals surface area contributed by atoms with Crippen molar-refractivity contribution in [2.45, 2.75) is 19.2 Å². The number of fused-ring (bicyclic) bond motifs is 1. The van der Waals surface area contributed by atoms with Gasteiger partial charge in [0, 0.05) is 10.8 Å². The van der Waals surface area contributed by atoms with Crippen LogP contribution in [0.4, 0.5) is 5.00 Å². The Labute approximate surface area is 163 Å². The zero-order valence-corrected chi connectivity index (χ0v) is 16.1. The topological polar surface area (TPSA) is 90.3 Å². The highest BCUT2D eigenvalue weighted by Gasteiger charge is 2.23. The average Bonchev–Trinajstić information content (AvgIpc) is 3.07. The maximum absolute atomic E-state index is 13.1. The fraction of sp³-hybridized carbons (Fsp3) is 0.222. The molecule has 0 radical (unpaired) electrons. The van der Waals surface area contributed by atoms with Gasteiger partial charge < -0.3 is 10.1 Å². The summed E-state index contributed by atoms with van der Waals surface area (Å²) in [5.41, 5.74) is 0.0399. The maximum Gasteiger partial charge on any atom is 0.359 e. The number of amides is 1. The Morgan fingerprint density at radius 1 is 1.33 bits per heavy atom. The molecule has 3 rings (SSSR count). The van der Waals surface area contributed by atoms with E-state index in [4.69, 9.17) is 16.3 Å². The average molecular weight is 406 g/mol. The zero-order valence-electron chi connectivity index (χ0n) is 14.6. The number of benzene rings is 1. The Hall–Kier alpha value is -2.71. The van der Waals surface area contributed by atoms with Crippen LogP contribution in [0.1, 0.15) is 24.3 Å². The van der Waals surface area contributed by atoms with E-state index in [0.717, 1.165) is 16.0 Å². The van der Waals surface area contributed by atoms with Gasteiger partial charge in [-0.25, -0.2) is 4.79 Å². The van der Waals surface area contributed by atoms with Crippen LogP contribution in [0.2, 0.25) is 0 Å². The summed E-state index contributed by atoms with van der Waals surface area (Å²) in [6.45, 7) is 3.38.